The molecule has 3 rings (SSSR count). The van der Waals surface area contributed by atoms with E-state index in [1.54, 1.807) is 6.20 Å². The minimum absolute atomic E-state index is 0.0143. The summed E-state index contributed by atoms with van der Waals surface area (Å²) in [6.45, 7) is 2.04. The molecule has 0 aliphatic carbocycles. The van der Waals surface area contributed by atoms with Crippen molar-refractivity contribution in [2.24, 2.45) is 5.73 Å². The van der Waals surface area contributed by atoms with Crippen LogP contribution in [0.15, 0.2) is 42.7 Å². The highest BCUT2D eigenvalue weighted by atomic mass is 16.3. The van der Waals surface area contributed by atoms with Crippen molar-refractivity contribution in [1.29, 1.82) is 0 Å². The Morgan fingerprint density at radius 3 is 2.75 bits per heavy atom. The molecule has 1 atom stereocenters. The quantitative estimate of drug-likeness (QED) is 0.865. The first-order chi connectivity index (χ1) is 11.5. The van der Waals surface area contributed by atoms with Crippen molar-refractivity contribution >= 4 is 5.91 Å². The smallest absolute Gasteiger partial charge is 0.220 e. The molecule has 1 amide bonds. The van der Waals surface area contributed by atoms with Crippen LogP contribution in [0.5, 0.6) is 0 Å². The Hall–Kier alpha value is -2.31. The first-order valence-corrected chi connectivity index (χ1v) is 8.13. The summed E-state index contributed by atoms with van der Waals surface area (Å²) in [7, 11) is 0. The number of rotatable bonds is 5. The van der Waals surface area contributed by atoms with Crippen LogP contribution in [0.3, 0.4) is 0 Å². The van der Waals surface area contributed by atoms with Gasteiger partial charge < -0.3 is 10.8 Å². The number of aromatic nitrogens is 2. The molecule has 1 aliphatic rings. The van der Waals surface area contributed by atoms with Gasteiger partial charge in [-0.3, -0.25) is 19.7 Å². The molecule has 1 saturated heterocycles. The molecule has 1 unspecified atom stereocenters. The number of carbonyl (C=O) groups is 1. The van der Waals surface area contributed by atoms with Crippen LogP contribution in [0.1, 0.15) is 24.8 Å². The summed E-state index contributed by atoms with van der Waals surface area (Å²) >= 11 is 0. The molecule has 24 heavy (non-hydrogen) atoms. The van der Waals surface area contributed by atoms with Gasteiger partial charge in [-0.15, -0.1) is 0 Å². The number of pyridine rings is 2. The van der Waals surface area contributed by atoms with Gasteiger partial charge in [0.2, 0.25) is 5.91 Å². The summed E-state index contributed by atoms with van der Waals surface area (Å²) in [5.41, 5.74) is 6.99. The fraction of sp³-hybridized carbons (Fsp3) is 0.389. The second kappa shape index (κ2) is 7.07. The summed E-state index contributed by atoms with van der Waals surface area (Å²) in [6, 6.07) is 9.72. The fourth-order valence-electron chi connectivity index (χ4n) is 3.25. The third-order valence-electron chi connectivity index (χ3n) is 4.30. The molecule has 2 aromatic rings. The van der Waals surface area contributed by atoms with Crippen LogP contribution in [0.4, 0.5) is 0 Å². The van der Waals surface area contributed by atoms with Gasteiger partial charge in [-0.25, -0.2) is 0 Å². The molecule has 1 aliphatic heterocycles. The molecule has 3 N–H and O–H groups in total. The predicted molar refractivity (Wildman–Crippen MR) is 90.7 cm³/mol. The fourth-order valence-corrected chi connectivity index (χ4v) is 3.25. The summed E-state index contributed by atoms with van der Waals surface area (Å²) in [4.78, 5) is 22.0. The zero-order chi connectivity index (χ0) is 17.0. The molecule has 0 saturated carbocycles. The Morgan fingerprint density at radius 2 is 2.08 bits per heavy atom. The zero-order valence-electron chi connectivity index (χ0n) is 13.6. The number of amides is 1. The molecule has 126 valence electrons. The van der Waals surface area contributed by atoms with E-state index >= 15 is 0 Å². The number of likely N-dealkylation sites (tertiary alicyclic amines) is 1. The maximum atomic E-state index is 11.1. The molecule has 0 aromatic carbocycles. The van der Waals surface area contributed by atoms with Crippen molar-refractivity contribution in [3.05, 3.63) is 48.3 Å². The monoisotopic (exact) mass is 326 g/mol. The minimum Gasteiger partial charge on any atom is -0.388 e. The molecule has 2 aromatic heterocycles. The number of carbonyl (C=O) groups excluding carboxylic acids is 1. The standard InChI is InChI=1S/C18H22N4O2/c19-17(23)10-18(24)7-3-9-22(13-18)12-14-5-6-16(21-11-14)15-4-1-2-8-20-15/h1-2,4-6,8,11,24H,3,7,9-10,12-13H2,(H2,19,23). The lowest BCUT2D eigenvalue weighted by Gasteiger charge is -2.38. The van der Waals surface area contributed by atoms with Gasteiger partial charge in [0.25, 0.3) is 0 Å². The highest BCUT2D eigenvalue weighted by molar-refractivity contribution is 5.75. The number of nitrogens with zero attached hydrogens (tertiary/aromatic N) is 3. The van der Waals surface area contributed by atoms with Crippen molar-refractivity contribution in [2.75, 3.05) is 13.1 Å². The summed E-state index contributed by atoms with van der Waals surface area (Å²) in [6.07, 6.45) is 5.07. The lowest BCUT2D eigenvalue weighted by molar-refractivity contribution is -0.125. The van der Waals surface area contributed by atoms with Gasteiger partial charge in [-0.05, 0) is 43.1 Å². The predicted octanol–water partition coefficient (Wildman–Crippen LogP) is 1.35. The van der Waals surface area contributed by atoms with E-state index in [0.29, 0.717) is 19.5 Å². The number of piperidine rings is 1. The summed E-state index contributed by atoms with van der Waals surface area (Å²) < 4.78 is 0. The topological polar surface area (TPSA) is 92.3 Å². The van der Waals surface area contributed by atoms with Gasteiger partial charge in [0, 0.05) is 25.5 Å². The van der Waals surface area contributed by atoms with E-state index in [0.717, 1.165) is 29.9 Å². The van der Waals surface area contributed by atoms with Gasteiger partial charge in [0.15, 0.2) is 0 Å². The van der Waals surface area contributed by atoms with Gasteiger partial charge in [-0.2, -0.15) is 0 Å². The Kier molecular flexibility index (Phi) is 4.87. The number of primary amides is 1. The maximum absolute atomic E-state index is 11.1. The molecular formula is C18H22N4O2. The van der Waals surface area contributed by atoms with E-state index in [4.69, 9.17) is 5.73 Å². The van der Waals surface area contributed by atoms with Crippen LogP contribution >= 0.6 is 0 Å². The van der Waals surface area contributed by atoms with Crippen molar-refractivity contribution in [3.8, 4) is 11.4 Å². The number of aliphatic hydroxyl groups is 1. The van der Waals surface area contributed by atoms with E-state index in [1.807, 2.05) is 36.5 Å². The van der Waals surface area contributed by atoms with Crippen molar-refractivity contribution in [3.63, 3.8) is 0 Å². The van der Waals surface area contributed by atoms with Gasteiger partial charge in [0.05, 0.1) is 23.4 Å². The van der Waals surface area contributed by atoms with E-state index in [1.165, 1.54) is 0 Å². The average Bonchev–Trinajstić information content (AvgIpc) is 2.55. The molecular weight excluding hydrogens is 304 g/mol. The van der Waals surface area contributed by atoms with E-state index in [-0.39, 0.29) is 6.42 Å². The van der Waals surface area contributed by atoms with Gasteiger partial charge >= 0.3 is 0 Å². The summed E-state index contributed by atoms with van der Waals surface area (Å²) in [5, 5.41) is 10.5. The van der Waals surface area contributed by atoms with Crippen molar-refractivity contribution < 1.29 is 9.90 Å². The van der Waals surface area contributed by atoms with Gasteiger partial charge in [0.1, 0.15) is 0 Å². The van der Waals surface area contributed by atoms with Crippen molar-refractivity contribution in [2.45, 2.75) is 31.4 Å². The summed E-state index contributed by atoms with van der Waals surface area (Å²) in [5.74, 6) is -0.458. The van der Waals surface area contributed by atoms with Crippen LogP contribution in [0.2, 0.25) is 0 Å². The molecule has 0 spiro atoms. The Balaban J connectivity index is 1.64. The first-order valence-electron chi connectivity index (χ1n) is 8.13. The Morgan fingerprint density at radius 1 is 1.25 bits per heavy atom. The number of β-amino-alcohol motifs (C(OH)–C–C–N with tert-alkyl or cyclic N) is 1. The SMILES string of the molecule is NC(=O)CC1(O)CCCN(Cc2ccc(-c3ccccn3)nc2)C1. The molecule has 0 radical (unpaired) electrons. The van der Waals surface area contributed by atoms with E-state index < -0.39 is 11.5 Å². The lowest BCUT2D eigenvalue weighted by Crippen LogP contribution is -2.49. The second-order valence-electron chi connectivity index (χ2n) is 6.45. The number of hydrogen-bond donors (Lipinski definition) is 2. The van der Waals surface area contributed by atoms with Crippen LogP contribution in [-0.4, -0.2) is 44.6 Å². The van der Waals surface area contributed by atoms with E-state index in [9.17, 15) is 9.90 Å². The van der Waals surface area contributed by atoms with Gasteiger partial charge in [-0.1, -0.05) is 12.1 Å². The third-order valence-corrected chi connectivity index (χ3v) is 4.30. The lowest BCUT2D eigenvalue weighted by atomic mass is 9.89. The molecule has 6 heteroatoms. The zero-order valence-corrected chi connectivity index (χ0v) is 13.6. The second-order valence-corrected chi connectivity index (χ2v) is 6.45. The van der Waals surface area contributed by atoms with Crippen LogP contribution < -0.4 is 5.73 Å². The maximum Gasteiger partial charge on any atom is 0.220 e. The Labute approximate surface area is 141 Å². The number of hydrogen-bond acceptors (Lipinski definition) is 5. The van der Waals surface area contributed by atoms with Crippen LogP contribution in [0.25, 0.3) is 11.4 Å². The average molecular weight is 326 g/mol. The molecule has 1 fully saturated rings. The number of nitrogens with two attached hydrogens (primary N) is 1. The molecule has 3 heterocycles. The van der Waals surface area contributed by atoms with Crippen LogP contribution in [-0.2, 0) is 11.3 Å². The minimum atomic E-state index is -1.01. The highest BCUT2D eigenvalue weighted by Gasteiger charge is 2.34. The first kappa shape index (κ1) is 16.5. The normalized spacial score (nSPS) is 21.5. The Bertz CT molecular complexity index is 690. The highest BCUT2D eigenvalue weighted by Crippen LogP contribution is 2.25. The van der Waals surface area contributed by atoms with E-state index in [2.05, 4.69) is 14.9 Å². The molecule has 6 nitrogen and oxygen atoms in total. The van der Waals surface area contributed by atoms with Crippen LogP contribution in [0, 0.1) is 0 Å². The largest absolute Gasteiger partial charge is 0.388 e. The van der Waals surface area contributed by atoms with Crippen molar-refractivity contribution in [1.82, 2.24) is 14.9 Å². The third kappa shape index (κ3) is 4.15. The molecule has 0 bridgehead atoms.